The van der Waals surface area contributed by atoms with Gasteiger partial charge in [-0.05, 0) is 30.4 Å². The van der Waals surface area contributed by atoms with Crippen LogP contribution in [0, 0.1) is 6.92 Å². The molecule has 6 nitrogen and oxygen atoms in total. The first-order valence-electron chi connectivity index (χ1n) is 10.9. The van der Waals surface area contributed by atoms with Gasteiger partial charge in [0.2, 0.25) is 0 Å². The summed E-state index contributed by atoms with van der Waals surface area (Å²) in [7, 11) is -3.15. The van der Waals surface area contributed by atoms with Crippen LogP contribution in [0.15, 0.2) is 59.1 Å². The fourth-order valence-electron chi connectivity index (χ4n) is 3.97. The Hall–Kier alpha value is -2.93. The zero-order valence-electron chi connectivity index (χ0n) is 18.6. The molecule has 0 spiro atoms. The van der Waals surface area contributed by atoms with Gasteiger partial charge in [-0.1, -0.05) is 73.1 Å². The zero-order chi connectivity index (χ0) is 22.9. The minimum absolute atomic E-state index is 0.0223. The number of sulfone groups is 1. The van der Waals surface area contributed by atoms with Gasteiger partial charge in [-0.3, -0.25) is 4.79 Å². The molecule has 2 heterocycles. The second-order valence-electron chi connectivity index (χ2n) is 8.83. The summed E-state index contributed by atoms with van der Waals surface area (Å²) >= 11 is 0. The van der Waals surface area contributed by atoms with Gasteiger partial charge in [0.15, 0.2) is 21.3 Å². The van der Waals surface area contributed by atoms with E-state index in [1.54, 1.807) is 11.0 Å². The molecule has 32 heavy (non-hydrogen) atoms. The van der Waals surface area contributed by atoms with Crippen molar-refractivity contribution in [3.63, 3.8) is 0 Å². The molecule has 1 atom stereocenters. The highest BCUT2D eigenvalue weighted by Crippen LogP contribution is 2.26. The number of carbonyl (C=O) groups excluding carboxylic acids is 1. The lowest BCUT2D eigenvalue weighted by atomic mass is 10.0. The Morgan fingerprint density at radius 2 is 1.81 bits per heavy atom. The number of nitrogens with zero attached hydrogens (tertiary/aromatic N) is 2. The molecule has 4 rings (SSSR count). The Bertz CT molecular complexity index is 1200. The van der Waals surface area contributed by atoms with Crippen molar-refractivity contribution < 1.29 is 17.7 Å². The van der Waals surface area contributed by atoms with Crippen molar-refractivity contribution in [2.24, 2.45) is 0 Å². The minimum Gasteiger partial charge on any atom is -0.355 e. The maximum atomic E-state index is 13.4. The summed E-state index contributed by atoms with van der Waals surface area (Å²) in [5.74, 6) is 0.681. The van der Waals surface area contributed by atoms with Crippen molar-refractivity contribution in [1.82, 2.24) is 10.1 Å². The number of hydrogen-bond donors (Lipinski definition) is 0. The van der Waals surface area contributed by atoms with Crippen molar-refractivity contribution >= 4 is 15.7 Å². The van der Waals surface area contributed by atoms with Crippen LogP contribution in [-0.2, 0) is 16.4 Å². The van der Waals surface area contributed by atoms with Crippen LogP contribution in [0.2, 0.25) is 0 Å². The van der Waals surface area contributed by atoms with Crippen molar-refractivity contribution in [1.29, 1.82) is 0 Å². The fourth-order valence-corrected chi connectivity index (χ4v) is 5.70. The number of amides is 1. The van der Waals surface area contributed by atoms with Crippen molar-refractivity contribution in [3.8, 4) is 11.3 Å². The molecule has 0 N–H and O–H groups in total. The average Bonchev–Trinajstić information content (AvgIpc) is 3.39. The Kier molecular flexibility index (Phi) is 6.20. The van der Waals surface area contributed by atoms with Gasteiger partial charge < -0.3 is 9.42 Å². The monoisotopic (exact) mass is 452 g/mol. The van der Waals surface area contributed by atoms with Crippen LogP contribution >= 0.6 is 0 Å². The van der Waals surface area contributed by atoms with Crippen molar-refractivity contribution in [2.75, 3.05) is 11.5 Å². The first-order chi connectivity index (χ1) is 15.2. The van der Waals surface area contributed by atoms with E-state index in [9.17, 15) is 13.2 Å². The minimum atomic E-state index is -3.15. The third kappa shape index (κ3) is 4.93. The van der Waals surface area contributed by atoms with Gasteiger partial charge in [0.05, 0.1) is 11.5 Å². The van der Waals surface area contributed by atoms with E-state index in [0.717, 1.165) is 16.7 Å². The second kappa shape index (κ2) is 8.90. The quantitative estimate of drug-likeness (QED) is 0.546. The average molecular weight is 453 g/mol. The van der Waals surface area contributed by atoms with E-state index in [-0.39, 0.29) is 29.1 Å². The third-order valence-corrected chi connectivity index (χ3v) is 7.73. The normalized spacial score (nSPS) is 17.6. The van der Waals surface area contributed by atoms with E-state index in [2.05, 4.69) is 31.1 Å². The number of rotatable bonds is 6. The maximum Gasteiger partial charge on any atom is 0.276 e. The number of benzene rings is 2. The molecule has 0 bridgehead atoms. The highest BCUT2D eigenvalue weighted by Gasteiger charge is 2.36. The molecule has 0 aliphatic carbocycles. The van der Waals surface area contributed by atoms with E-state index < -0.39 is 9.84 Å². The Morgan fingerprint density at radius 3 is 2.41 bits per heavy atom. The largest absolute Gasteiger partial charge is 0.355 e. The summed E-state index contributed by atoms with van der Waals surface area (Å²) in [5, 5.41) is 4.01. The van der Waals surface area contributed by atoms with Crippen LogP contribution in [0.4, 0.5) is 0 Å². The van der Waals surface area contributed by atoms with Gasteiger partial charge in [0, 0.05) is 24.2 Å². The molecule has 2 aromatic carbocycles. The summed E-state index contributed by atoms with van der Waals surface area (Å²) in [6.45, 7) is 6.58. The van der Waals surface area contributed by atoms with Gasteiger partial charge in [-0.25, -0.2) is 8.42 Å². The molecule has 1 fully saturated rings. The Morgan fingerprint density at radius 1 is 1.12 bits per heavy atom. The SMILES string of the molecule is Cc1ccc(-c2cc(C(=O)N(Cc3ccc(C(C)C)cc3)[C@H]3CCS(=O)(=O)C3)no2)cc1. The Labute approximate surface area is 189 Å². The maximum absolute atomic E-state index is 13.4. The van der Waals surface area contributed by atoms with Crippen LogP contribution in [0.3, 0.4) is 0 Å². The van der Waals surface area contributed by atoms with Crippen LogP contribution in [-0.4, -0.2) is 41.9 Å². The van der Waals surface area contributed by atoms with Crippen molar-refractivity contribution in [3.05, 3.63) is 77.0 Å². The predicted molar refractivity (Wildman–Crippen MR) is 124 cm³/mol. The highest BCUT2D eigenvalue weighted by molar-refractivity contribution is 7.91. The lowest BCUT2D eigenvalue weighted by Crippen LogP contribution is -2.40. The molecule has 1 saturated heterocycles. The summed E-state index contributed by atoms with van der Waals surface area (Å²) in [6.07, 6.45) is 0.431. The third-order valence-electron chi connectivity index (χ3n) is 5.97. The molecule has 1 aliphatic heterocycles. The summed E-state index contributed by atoms with van der Waals surface area (Å²) < 4.78 is 29.7. The summed E-state index contributed by atoms with van der Waals surface area (Å²) in [4.78, 5) is 15.1. The Balaban J connectivity index is 1.60. The molecule has 0 unspecified atom stereocenters. The van der Waals surface area contributed by atoms with Crippen LogP contribution < -0.4 is 0 Å². The molecular weight excluding hydrogens is 424 g/mol. The zero-order valence-corrected chi connectivity index (χ0v) is 19.4. The fraction of sp³-hybridized carbons (Fsp3) is 0.360. The predicted octanol–water partition coefficient (Wildman–Crippen LogP) is 4.60. The van der Waals surface area contributed by atoms with E-state index in [1.807, 2.05) is 43.3 Å². The first-order valence-corrected chi connectivity index (χ1v) is 12.7. The van der Waals surface area contributed by atoms with Gasteiger partial charge >= 0.3 is 0 Å². The lowest BCUT2D eigenvalue weighted by Gasteiger charge is -2.27. The summed E-state index contributed by atoms with van der Waals surface area (Å²) in [5.41, 5.74) is 4.32. The van der Waals surface area contributed by atoms with Crippen LogP contribution in [0.1, 0.15) is 53.4 Å². The smallest absolute Gasteiger partial charge is 0.276 e. The van der Waals surface area contributed by atoms with E-state index in [4.69, 9.17) is 4.52 Å². The molecule has 0 saturated carbocycles. The molecule has 0 radical (unpaired) electrons. The lowest BCUT2D eigenvalue weighted by molar-refractivity contribution is 0.0670. The van der Waals surface area contributed by atoms with Gasteiger partial charge in [-0.15, -0.1) is 0 Å². The van der Waals surface area contributed by atoms with E-state index in [1.165, 1.54) is 5.56 Å². The standard InChI is InChI=1S/C25H28N2O4S/c1-17(2)20-10-6-19(7-11-20)15-27(22-12-13-32(29,30)16-22)25(28)23-14-24(31-26-23)21-8-4-18(3)5-9-21/h4-11,14,17,22H,12-13,15-16H2,1-3H3/t22-/m0/s1. The summed E-state index contributed by atoms with van der Waals surface area (Å²) in [6, 6.07) is 17.1. The molecule has 1 aromatic heterocycles. The van der Waals surface area contributed by atoms with E-state index in [0.29, 0.717) is 24.6 Å². The van der Waals surface area contributed by atoms with Gasteiger partial charge in [-0.2, -0.15) is 0 Å². The van der Waals surface area contributed by atoms with Crippen molar-refractivity contribution in [2.45, 2.75) is 45.7 Å². The second-order valence-corrected chi connectivity index (χ2v) is 11.1. The highest BCUT2D eigenvalue weighted by atomic mass is 32.2. The van der Waals surface area contributed by atoms with Crippen LogP contribution in [0.5, 0.6) is 0 Å². The topological polar surface area (TPSA) is 80.5 Å². The molecule has 1 aliphatic rings. The number of hydrogen-bond acceptors (Lipinski definition) is 5. The van der Waals surface area contributed by atoms with Gasteiger partial charge in [0.1, 0.15) is 0 Å². The molecule has 7 heteroatoms. The number of aryl methyl sites for hydroxylation is 1. The molecule has 1 amide bonds. The first kappa shape index (κ1) is 22.3. The van der Waals surface area contributed by atoms with Crippen LogP contribution in [0.25, 0.3) is 11.3 Å². The van der Waals surface area contributed by atoms with E-state index >= 15 is 0 Å². The van der Waals surface area contributed by atoms with Gasteiger partial charge in [0.25, 0.3) is 5.91 Å². The molecular formula is C25H28N2O4S. The molecule has 3 aromatic rings. The number of aromatic nitrogens is 1. The number of carbonyl (C=O) groups is 1. The molecule has 168 valence electrons.